The molecule has 0 saturated carbocycles. The van der Waals surface area contributed by atoms with Gasteiger partial charge in [0.15, 0.2) is 0 Å². The Morgan fingerprint density at radius 3 is 2.50 bits per heavy atom. The van der Waals surface area contributed by atoms with E-state index >= 15 is 0 Å². The average Bonchev–Trinajstić information content (AvgIpc) is 2.14. The van der Waals surface area contributed by atoms with E-state index in [1.807, 2.05) is 0 Å². The van der Waals surface area contributed by atoms with Crippen molar-refractivity contribution in [2.75, 3.05) is 6.61 Å². The molecule has 1 unspecified atom stereocenters. The van der Waals surface area contributed by atoms with E-state index < -0.39 is 0 Å². The second-order valence-electron chi connectivity index (χ2n) is 4.49. The highest BCUT2D eigenvalue weighted by Crippen LogP contribution is 2.22. The first-order valence-corrected chi connectivity index (χ1v) is 5.55. The first-order chi connectivity index (χ1) is 6.54. The van der Waals surface area contributed by atoms with Crippen molar-refractivity contribution in [3.63, 3.8) is 0 Å². The topological polar surface area (TPSA) is 33.0 Å². The Balaban J connectivity index is 3.81. The molecule has 0 heterocycles. The second kappa shape index (κ2) is 6.84. The fourth-order valence-corrected chi connectivity index (χ4v) is 1.21. The summed E-state index contributed by atoms with van der Waals surface area (Å²) >= 11 is 0. The van der Waals surface area contributed by atoms with E-state index in [2.05, 4.69) is 33.8 Å². The zero-order chi connectivity index (χ0) is 11.0. The monoisotopic (exact) mass is 197 g/mol. The number of ether oxygens (including phenoxy) is 1. The molecule has 0 aromatic rings. The molecule has 0 fully saturated rings. The molecule has 0 aromatic heterocycles. The third kappa shape index (κ3) is 5.99. The van der Waals surface area contributed by atoms with Gasteiger partial charge < -0.3 is 4.74 Å². The van der Waals surface area contributed by atoms with E-state index in [-0.39, 0.29) is 5.60 Å². The van der Waals surface area contributed by atoms with Crippen molar-refractivity contribution in [1.29, 1.82) is 5.26 Å². The largest absolute Gasteiger partial charge is 0.375 e. The second-order valence-corrected chi connectivity index (χ2v) is 4.49. The smallest absolute Gasteiger partial charge is 0.0661 e. The Morgan fingerprint density at radius 2 is 2.07 bits per heavy atom. The number of hydrogen-bond donors (Lipinski definition) is 0. The molecule has 0 saturated heterocycles. The van der Waals surface area contributed by atoms with Gasteiger partial charge in [0.25, 0.3) is 0 Å². The van der Waals surface area contributed by atoms with Crippen LogP contribution in [0.15, 0.2) is 0 Å². The van der Waals surface area contributed by atoms with Crippen LogP contribution in [-0.4, -0.2) is 12.2 Å². The van der Waals surface area contributed by atoms with Crippen molar-refractivity contribution in [3.8, 4) is 6.07 Å². The van der Waals surface area contributed by atoms with Crippen LogP contribution in [0.2, 0.25) is 0 Å². The van der Waals surface area contributed by atoms with Crippen LogP contribution >= 0.6 is 0 Å². The molecule has 0 aliphatic carbocycles. The Hall–Kier alpha value is -0.550. The summed E-state index contributed by atoms with van der Waals surface area (Å²) in [5, 5.41) is 8.53. The molecule has 0 aliphatic rings. The van der Waals surface area contributed by atoms with Crippen molar-refractivity contribution in [2.24, 2.45) is 5.92 Å². The number of hydrogen-bond acceptors (Lipinski definition) is 2. The lowest BCUT2D eigenvalue weighted by atomic mass is 9.97. The van der Waals surface area contributed by atoms with Gasteiger partial charge in [0.05, 0.1) is 11.7 Å². The minimum absolute atomic E-state index is 0.0926. The maximum absolute atomic E-state index is 8.53. The molecule has 0 N–H and O–H groups in total. The van der Waals surface area contributed by atoms with Gasteiger partial charge in [0.1, 0.15) is 0 Å². The lowest BCUT2D eigenvalue weighted by molar-refractivity contribution is -0.0433. The predicted molar refractivity (Wildman–Crippen MR) is 59.0 cm³/mol. The fourth-order valence-electron chi connectivity index (χ4n) is 1.21. The predicted octanol–water partition coefficient (Wildman–Crippen LogP) is 3.52. The highest BCUT2D eigenvalue weighted by atomic mass is 16.5. The summed E-state index contributed by atoms with van der Waals surface area (Å²) in [6, 6.07) is 2.18. The first kappa shape index (κ1) is 13.4. The molecular weight excluding hydrogens is 174 g/mol. The van der Waals surface area contributed by atoms with Gasteiger partial charge >= 0.3 is 0 Å². The van der Waals surface area contributed by atoms with Crippen LogP contribution in [0, 0.1) is 17.2 Å². The molecule has 1 atom stereocenters. The molecule has 0 aromatic carbocycles. The Bertz CT molecular complexity index is 183. The summed E-state index contributed by atoms with van der Waals surface area (Å²) in [6.45, 7) is 9.43. The SMILES string of the molecule is CCC(C)(CCC#N)OCCC(C)C. The zero-order valence-corrected chi connectivity index (χ0v) is 9.97. The maximum Gasteiger partial charge on any atom is 0.0661 e. The van der Waals surface area contributed by atoms with Crippen LogP contribution in [0.25, 0.3) is 0 Å². The van der Waals surface area contributed by atoms with Crippen LogP contribution in [0.1, 0.15) is 53.4 Å². The summed E-state index contributed by atoms with van der Waals surface area (Å²) in [5.74, 6) is 0.687. The van der Waals surface area contributed by atoms with Gasteiger partial charge in [-0.2, -0.15) is 5.26 Å². The number of nitriles is 1. The van der Waals surface area contributed by atoms with Crippen molar-refractivity contribution in [2.45, 2.75) is 59.0 Å². The Kier molecular flexibility index (Phi) is 6.57. The normalized spacial score (nSPS) is 15.1. The standard InChI is InChI=1S/C12H23NO/c1-5-12(4,8-6-9-13)14-10-7-11(2)3/h11H,5-8,10H2,1-4H3. The van der Waals surface area contributed by atoms with Crippen LogP contribution < -0.4 is 0 Å². The number of rotatable bonds is 7. The molecule has 0 rings (SSSR count). The summed E-state index contributed by atoms with van der Waals surface area (Å²) in [7, 11) is 0. The average molecular weight is 197 g/mol. The Morgan fingerprint density at radius 1 is 1.43 bits per heavy atom. The molecule has 82 valence electrons. The van der Waals surface area contributed by atoms with Crippen LogP contribution in [0.4, 0.5) is 0 Å². The maximum atomic E-state index is 8.53. The van der Waals surface area contributed by atoms with Crippen LogP contribution in [0.5, 0.6) is 0 Å². The number of nitrogens with zero attached hydrogens (tertiary/aromatic N) is 1. The van der Waals surface area contributed by atoms with Gasteiger partial charge in [-0.15, -0.1) is 0 Å². The minimum Gasteiger partial charge on any atom is -0.375 e. The molecule has 0 aliphatic heterocycles. The molecule has 14 heavy (non-hydrogen) atoms. The van der Waals surface area contributed by atoms with E-state index in [1.54, 1.807) is 0 Å². The highest BCUT2D eigenvalue weighted by molar-refractivity contribution is 4.80. The lowest BCUT2D eigenvalue weighted by Crippen LogP contribution is -2.28. The van der Waals surface area contributed by atoms with Crippen LogP contribution in [0.3, 0.4) is 0 Å². The molecule has 0 bridgehead atoms. The van der Waals surface area contributed by atoms with Crippen molar-refractivity contribution < 1.29 is 4.74 Å². The molecule has 0 radical (unpaired) electrons. The summed E-state index contributed by atoms with van der Waals surface area (Å²) in [5.41, 5.74) is -0.0926. The van der Waals surface area contributed by atoms with Gasteiger partial charge in [-0.1, -0.05) is 20.8 Å². The third-order valence-corrected chi connectivity index (χ3v) is 2.66. The van der Waals surface area contributed by atoms with Crippen LogP contribution in [-0.2, 0) is 4.74 Å². The minimum atomic E-state index is -0.0926. The summed E-state index contributed by atoms with van der Waals surface area (Å²) in [6.07, 6.45) is 3.51. The van der Waals surface area contributed by atoms with E-state index in [1.165, 1.54) is 0 Å². The fraction of sp³-hybridized carbons (Fsp3) is 0.917. The highest BCUT2D eigenvalue weighted by Gasteiger charge is 2.21. The van der Waals surface area contributed by atoms with E-state index in [0.717, 1.165) is 25.9 Å². The quantitative estimate of drug-likeness (QED) is 0.625. The van der Waals surface area contributed by atoms with Gasteiger partial charge in [0, 0.05) is 13.0 Å². The van der Waals surface area contributed by atoms with Crippen molar-refractivity contribution >= 4 is 0 Å². The zero-order valence-electron chi connectivity index (χ0n) is 9.97. The molecule has 0 spiro atoms. The van der Waals surface area contributed by atoms with Gasteiger partial charge in [0.2, 0.25) is 0 Å². The van der Waals surface area contributed by atoms with Gasteiger partial charge in [-0.3, -0.25) is 0 Å². The Labute approximate surface area is 88.3 Å². The third-order valence-electron chi connectivity index (χ3n) is 2.66. The van der Waals surface area contributed by atoms with E-state index in [9.17, 15) is 0 Å². The summed E-state index contributed by atoms with van der Waals surface area (Å²) in [4.78, 5) is 0. The van der Waals surface area contributed by atoms with Crippen molar-refractivity contribution in [1.82, 2.24) is 0 Å². The van der Waals surface area contributed by atoms with Gasteiger partial charge in [-0.25, -0.2) is 0 Å². The molecule has 2 heteroatoms. The first-order valence-electron chi connectivity index (χ1n) is 5.55. The van der Waals surface area contributed by atoms with E-state index in [0.29, 0.717) is 12.3 Å². The van der Waals surface area contributed by atoms with Crippen molar-refractivity contribution in [3.05, 3.63) is 0 Å². The molecule has 0 amide bonds. The summed E-state index contributed by atoms with van der Waals surface area (Å²) < 4.78 is 5.84. The van der Waals surface area contributed by atoms with E-state index in [4.69, 9.17) is 10.00 Å². The lowest BCUT2D eigenvalue weighted by Gasteiger charge is -2.28. The molecular formula is C12H23NO. The molecule has 2 nitrogen and oxygen atoms in total. The van der Waals surface area contributed by atoms with Gasteiger partial charge in [-0.05, 0) is 32.1 Å².